The Kier molecular flexibility index (Phi) is 2.55. The smallest absolute Gasteiger partial charge is 0.181 e. The zero-order valence-electron chi connectivity index (χ0n) is 9.94. The molecule has 4 heteroatoms. The monoisotopic (exact) mass is 241 g/mol. The van der Waals surface area contributed by atoms with Crippen LogP contribution >= 0.6 is 0 Å². The van der Waals surface area contributed by atoms with E-state index in [9.17, 15) is 4.39 Å². The van der Waals surface area contributed by atoms with Crippen LogP contribution in [-0.2, 0) is 6.42 Å². The summed E-state index contributed by atoms with van der Waals surface area (Å²) in [6.07, 6.45) is 0.798. The average molecular weight is 241 g/mol. The van der Waals surface area contributed by atoms with Gasteiger partial charge in [-0.25, -0.2) is 9.37 Å². The zero-order chi connectivity index (χ0) is 12.5. The van der Waals surface area contributed by atoms with Crippen molar-refractivity contribution >= 4 is 10.8 Å². The number of benzene rings is 2. The minimum Gasteiger partial charge on any atom is -0.263 e. The molecular weight excluding hydrogens is 229 g/mol. The maximum Gasteiger partial charge on any atom is 0.181 e. The van der Waals surface area contributed by atoms with Gasteiger partial charge in [0.1, 0.15) is 11.6 Å². The van der Waals surface area contributed by atoms with Gasteiger partial charge in [0.2, 0.25) is 0 Å². The summed E-state index contributed by atoms with van der Waals surface area (Å²) in [5.41, 5.74) is 0.850. The van der Waals surface area contributed by atoms with Crippen LogP contribution in [0.15, 0.2) is 36.4 Å². The number of rotatable bonds is 2. The molecule has 0 bridgehead atoms. The number of H-pyrrole nitrogens is 1. The van der Waals surface area contributed by atoms with Gasteiger partial charge >= 0.3 is 0 Å². The van der Waals surface area contributed by atoms with E-state index in [2.05, 4.69) is 15.2 Å². The highest BCUT2D eigenvalue weighted by molar-refractivity contribution is 5.95. The predicted molar refractivity (Wildman–Crippen MR) is 68.7 cm³/mol. The van der Waals surface area contributed by atoms with Crippen LogP contribution in [-0.4, -0.2) is 15.2 Å². The van der Waals surface area contributed by atoms with Crippen molar-refractivity contribution in [3.05, 3.63) is 48.0 Å². The molecule has 0 atom stereocenters. The number of nitrogens with one attached hydrogen (secondary N) is 1. The van der Waals surface area contributed by atoms with E-state index in [0.717, 1.165) is 23.2 Å². The normalized spacial score (nSPS) is 11.0. The van der Waals surface area contributed by atoms with Gasteiger partial charge in [-0.05, 0) is 17.5 Å². The second kappa shape index (κ2) is 4.22. The molecule has 1 heterocycles. The molecule has 0 saturated carbocycles. The van der Waals surface area contributed by atoms with Crippen LogP contribution in [0, 0.1) is 5.82 Å². The molecule has 0 aliphatic heterocycles. The minimum absolute atomic E-state index is 0.222. The van der Waals surface area contributed by atoms with Crippen molar-refractivity contribution in [2.24, 2.45) is 0 Å². The molecule has 1 aromatic heterocycles. The molecule has 0 unspecified atom stereocenters. The fourth-order valence-corrected chi connectivity index (χ4v) is 2.03. The molecular formula is C14H12FN3. The molecule has 2 aromatic carbocycles. The van der Waals surface area contributed by atoms with Crippen molar-refractivity contribution in [1.29, 1.82) is 0 Å². The first kappa shape index (κ1) is 10.9. The number of hydrogen-bond donors (Lipinski definition) is 1. The Morgan fingerprint density at radius 1 is 1.11 bits per heavy atom. The van der Waals surface area contributed by atoms with Crippen molar-refractivity contribution in [3.8, 4) is 11.4 Å². The number of aryl methyl sites for hydroxylation is 1. The highest BCUT2D eigenvalue weighted by atomic mass is 19.1. The Balaban J connectivity index is 2.26. The van der Waals surface area contributed by atoms with Gasteiger partial charge < -0.3 is 0 Å². The molecule has 1 N–H and O–H groups in total. The van der Waals surface area contributed by atoms with Gasteiger partial charge in [-0.15, -0.1) is 0 Å². The lowest BCUT2D eigenvalue weighted by molar-refractivity contribution is 0.640. The average Bonchev–Trinajstić information content (AvgIpc) is 2.88. The fourth-order valence-electron chi connectivity index (χ4n) is 2.03. The van der Waals surface area contributed by atoms with E-state index < -0.39 is 0 Å². The Morgan fingerprint density at radius 3 is 2.61 bits per heavy atom. The van der Waals surface area contributed by atoms with Crippen LogP contribution in [0.25, 0.3) is 22.2 Å². The molecule has 0 amide bonds. The topological polar surface area (TPSA) is 41.6 Å². The molecule has 3 rings (SSSR count). The van der Waals surface area contributed by atoms with Crippen LogP contribution in [0.4, 0.5) is 4.39 Å². The Labute approximate surface area is 104 Å². The van der Waals surface area contributed by atoms with Crippen molar-refractivity contribution in [2.75, 3.05) is 0 Å². The summed E-state index contributed by atoms with van der Waals surface area (Å²) in [4.78, 5) is 4.39. The van der Waals surface area contributed by atoms with Gasteiger partial charge in [-0.3, -0.25) is 5.10 Å². The number of aromatic amines is 1. The highest BCUT2D eigenvalue weighted by Crippen LogP contribution is 2.27. The first-order valence-electron chi connectivity index (χ1n) is 5.88. The SMILES string of the molecule is CCc1nc(-c2ccc(F)c3ccccc23)n[nH]1. The van der Waals surface area contributed by atoms with Gasteiger partial charge in [0, 0.05) is 17.4 Å². The van der Waals surface area contributed by atoms with Crippen molar-refractivity contribution in [1.82, 2.24) is 15.2 Å². The Hall–Kier alpha value is -2.23. The summed E-state index contributed by atoms with van der Waals surface area (Å²) in [6, 6.07) is 10.5. The first-order chi connectivity index (χ1) is 8.79. The van der Waals surface area contributed by atoms with E-state index in [4.69, 9.17) is 0 Å². The maximum atomic E-state index is 13.7. The third-order valence-corrected chi connectivity index (χ3v) is 2.98. The molecule has 0 aliphatic rings. The molecule has 0 spiro atoms. The van der Waals surface area contributed by atoms with Crippen molar-refractivity contribution in [3.63, 3.8) is 0 Å². The van der Waals surface area contributed by atoms with Gasteiger partial charge in [0.25, 0.3) is 0 Å². The van der Waals surface area contributed by atoms with E-state index in [1.54, 1.807) is 12.1 Å². The number of aromatic nitrogens is 3. The summed E-state index contributed by atoms with van der Waals surface area (Å²) >= 11 is 0. The summed E-state index contributed by atoms with van der Waals surface area (Å²) in [7, 11) is 0. The second-order valence-electron chi connectivity index (χ2n) is 4.10. The largest absolute Gasteiger partial charge is 0.263 e. The summed E-state index contributed by atoms with van der Waals surface area (Å²) in [5.74, 6) is 1.22. The van der Waals surface area contributed by atoms with E-state index >= 15 is 0 Å². The van der Waals surface area contributed by atoms with Gasteiger partial charge in [0.15, 0.2) is 5.82 Å². The predicted octanol–water partition coefficient (Wildman–Crippen LogP) is 3.33. The van der Waals surface area contributed by atoms with Crippen LogP contribution < -0.4 is 0 Å². The van der Waals surface area contributed by atoms with E-state index in [1.807, 2.05) is 25.1 Å². The molecule has 18 heavy (non-hydrogen) atoms. The van der Waals surface area contributed by atoms with Crippen LogP contribution in [0.5, 0.6) is 0 Å². The molecule has 3 aromatic rings. The molecule has 90 valence electrons. The van der Waals surface area contributed by atoms with E-state index in [-0.39, 0.29) is 5.82 Å². The van der Waals surface area contributed by atoms with Gasteiger partial charge in [-0.2, -0.15) is 5.10 Å². The van der Waals surface area contributed by atoms with Crippen LogP contribution in [0.2, 0.25) is 0 Å². The zero-order valence-corrected chi connectivity index (χ0v) is 9.94. The third kappa shape index (κ3) is 1.66. The van der Waals surface area contributed by atoms with Gasteiger partial charge in [0.05, 0.1) is 0 Å². The second-order valence-corrected chi connectivity index (χ2v) is 4.10. The number of fused-ring (bicyclic) bond motifs is 1. The van der Waals surface area contributed by atoms with Crippen molar-refractivity contribution < 1.29 is 4.39 Å². The molecule has 0 radical (unpaired) electrons. The number of halogens is 1. The number of hydrogen-bond acceptors (Lipinski definition) is 2. The third-order valence-electron chi connectivity index (χ3n) is 2.98. The van der Waals surface area contributed by atoms with Gasteiger partial charge in [-0.1, -0.05) is 31.2 Å². The highest BCUT2D eigenvalue weighted by Gasteiger charge is 2.10. The fraction of sp³-hybridized carbons (Fsp3) is 0.143. The lowest BCUT2D eigenvalue weighted by Gasteiger charge is -2.03. The number of nitrogens with zero attached hydrogens (tertiary/aromatic N) is 2. The molecule has 0 aliphatic carbocycles. The quantitative estimate of drug-likeness (QED) is 0.747. The van der Waals surface area contributed by atoms with Crippen LogP contribution in [0.1, 0.15) is 12.7 Å². The summed E-state index contributed by atoms with van der Waals surface area (Å²) in [6.45, 7) is 2.01. The Bertz CT molecular complexity index is 703. The maximum absolute atomic E-state index is 13.7. The first-order valence-corrected chi connectivity index (χ1v) is 5.88. The van der Waals surface area contributed by atoms with Crippen molar-refractivity contribution in [2.45, 2.75) is 13.3 Å². The summed E-state index contributed by atoms with van der Waals surface area (Å²) in [5, 5.41) is 8.48. The lowest BCUT2D eigenvalue weighted by atomic mass is 10.0. The van der Waals surface area contributed by atoms with Crippen LogP contribution in [0.3, 0.4) is 0 Å². The lowest BCUT2D eigenvalue weighted by Crippen LogP contribution is -1.87. The van der Waals surface area contributed by atoms with E-state index in [0.29, 0.717) is 11.2 Å². The molecule has 0 fully saturated rings. The minimum atomic E-state index is -0.222. The summed E-state index contributed by atoms with van der Waals surface area (Å²) < 4.78 is 13.7. The molecule has 0 saturated heterocycles. The molecule has 3 nitrogen and oxygen atoms in total. The van der Waals surface area contributed by atoms with E-state index in [1.165, 1.54) is 6.07 Å². The standard InChI is InChI=1S/C14H12FN3/c1-2-13-16-14(18-17-13)11-7-8-12(15)10-6-4-3-5-9(10)11/h3-8H,2H2,1H3,(H,16,17,18). The Morgan fingerprint density at radius 2 is 1.89 bits per heavy atom.